The zero-order valence-electron chi connectivity index (χ0n) is 12.5. The number of hydrogen-bond donors (Lipinski definition) is 0. The molecule has 3 nitrogen and oxygen atoms in total. The van der Waals surface area contributed by atoms with Crippen molar-refractivity contribution in [3.8, 4) is 0 Å². The number of piperidine rings is 1. The molecule has 0 saturated carbocycles. The van der Waals surface area contributed by atoms with E-state index in [9.17, 15) is 0 Å². The average molecular weight is 241 g/mol. The summed E-state index contributed by atoms with van der Waals surface area (Å²) in [5.41, 5.74) is 0.534. The molecule has 0 atom stereocenters. The average Bonchev–Trinajstić information content (AvgIpc) is 2.27. The van der Waals surface area contributed by atoms with Crippen LogP contribution in [0.3, 0.4) is 0 Å². The summed E-state index contributed by atoms with van der Waals surface area (Å²) in [6.45, 7) is 12.1. The van der Waals surface area contributed by atoms with Crippen LogP contribution in [-0.4, -0.2) is 75.1 Å². The SMILES string of the molecule is CCN1CCC(C)(CN(C)CCN(C)C)CC1. The quantitative estimate of drug-likeness (QED) is 0.699. The van der Waals surface area contributed by atoms with Gasteiger partial charge in [0, 0.05) is 19.6 Å². The Morgan fingerprint density at radius 1 is 1.06 bits per heavy atom. The molecule has 1 heterocycles. The predicted octanol–water partition coefficient (Wildman–Crippen LogP) is 1.60. The summed E-state index contributed by atoms with van der Waals surface area (Å²) in [7, 11) is 6.56. The molecule has 0 aromatic heterocycles. The van der Waals surface area contributed by atoms with E-state index in [1.54, 1.807) is 0 Å². The number of rotatable bonds is 6. The van der Waals surface area contributed by atoms with Crippen LogP contribution in [0.15, 0.2) is 0 Å². The van der Waals surface area contributed by atoms with Crippen LogP contribution in [0.5, 0.6) is 0 Å². The maximum atomic E-state index is 2.57. The normalized spacial score (nSPS) is 21.4. The first-order valence-electron chi connectivity index (χ1n) is 7.01. The highest BCUT2D eigenvalue weighted by molar-refractivity contribution is 4.84. The molecule has 1 aliphatic heterocycles. The van der Waals surface area contributed by atoms with Crippen molar-refractivity contribution in [2.24, 2.45) is 5.41 Å². The molecule has 0 radical (unpaired) electrons. The lowest BCUT2D eigenvalue weighted by Gasteiger charge is -2.41. The molecule has 0 spiro atoms. The van der Waals surface area contributed by atoms with Gasteiger partial charge < -0.3 is 14.7 Å². The first-order chi connectivity index (χ1) is 7.95. The molecular formula is C14H31N3. The largest absolute Gasteiger partial charge is 0.308 e. The molecule has 0 aromatic rings. The van der Waals surface area contributed by atoms with Crippen molar-refractivity contribution in [2.75, 3.05) is 60.4 Å². The molecular weight excluding hydrogens is 210 g/mol. The minimum Gasteiger partial charge on any atom is -0.308 e. The van der Waals surface area contributed by atoms with Crippen molar-refractivity contribution in [3.63, 3.8) is 0 Å². The second kappa shape index (κ2) is 6.72. The van der Waals surface area contributed by atoms with E-state index in [4.69, 9.17) is 0 Å². The highest BCUT2D eigenvalue weighted by Gasteiger charge is 2.30. The number of likely N-dealkylation sites (N-methyl/N-ethyl adjacent to an activating group) is 2. The second-order valence-corrected chi connectivity index (χ2v) is 6.29. The van der Waals surface area contributed by atoms with Gasteiger partial charge in [-0.05, 0) is 59.0 Å². The van der Waals surface area contributed by atoms with E-state index in [0.29, 0.717) is 5.41 Å². The van der Waals surface area contributed by atoms with E-state index in [-0.39, 0.29) is 0 Å². The van der Waals surface area contributed by atoms with E-state index >= 15 is 0 Å². The van der Waals surface area contributed by atoms with Crippen LogP contribution in [0, 0.1) is 5.41 Å². The molecule has 1 rings (SSSR count). The summed E-state index contributed by atoms with van der Waals surface area (Å²) in [4.78, 5) is 7.34. The van der Waals surface area contributed by atoms with Gasteiger partial charge in [-0.15, -0.1) is 0 Å². The van der Waals surface area contributed by atoms with Crippen LogP contribution in [0.1, 0.15) is 26.7 Å². The van der Waals surface area contributed by atoms with Crippen LogP contribution in [0.2, 0.25) is 0 Å². The molecule has 1 aliphatic rings. The fraction of sp³-hybridized carbons (Fsp3) is 1.00. The van der Waals surface area contributed by atoms with E-state index in [1.165, 1.54) is 45.6 Å². The van der Waals surface area contributed by atoms with Gasteiger partial charge in [0.15, 0.2) is 0 Å². The predicted molar refractivity (Wildman–Crippen MR) is 75.5 cm³/mol. The molecule has 0 aromatic carbocycles. The highest BCUT2D eigenvalue weighted by atomic mass is 15.2. The van der Waals surface area contributed by atoms with E-state index in [0.717, 1.165) is 6.54 Å². The standard InChI is InChI=1S/C14H31N3/c1-6-17-9-7-14(2,8-10-17)13-16(5)12-11-15(3)4/h6-13H2,1-5H3. The van der Waals surface area contributed by atoms with Crippen molar-refractivity contribution in [1.82, 2.24) is 14.7 Å². The molecule has 1 fully saturated rings. The third kappa shape index (κ3) is 5.36. The van der Waals surface area contributed by atoms with Crippen LogP contribution < -0.4 is 0 Å². The summed E-state index contributed by atoms with van der Waals surface area (Å²) < 4.78 is 0. The highest BCUT2D eigenvalue weighted by Crippen LogP contribution is 2.31. The summed E-state index contributed by atoms with van der Waals surface area (Å²) >= 11 is 0. The Morgan fingerprint density at radius 3 is 2.12 bits per heavy atom. The Hall–Kier alpha value is -0.120. The fourth-order valence-electron chi connectivity index (χ4n) is 2.67. The van der Waals surface area contributed by atoms with Crippen LogP contribution >= 0.6 is 0 Å². The maximum Gasteiger partial charge on any atom is 0.0106 e. The first-order valence-corrected chi connectivity index (χ1v) is 7.01. The Labute approximate surface area is 108 Å². The molecule has 17 heavy (non-hydrogen) atoms. The summed E-state index contributed by atoms with van der Waals surface area (Å²) in [6, 6.07) is 0. The van der Waals surface area contributed by atoms with E-state index < -0.39 is 0 Å². The zero-order chi connectivity index (χ0) is 12.9. The van der Waals surface area contributed by atoms with Gasteiger partial charge in [-0.3, -0.25) is 0 Å². The van der Waals surface area contributed by atoms with Gasteiger partial charge >= 0.3 is 0 Å². The molecule has 0 amide bonds. The van der Waals surface area contributed by atoms with Gasteiger partial charge in [-0.1, -0.05) is 13.8 Å². The van der Waals surface area contributed by atoms with Crippen molar-refractivity contribution in [3.05, 3.63) is 0 Å². The van der Waals surface area contributed by atoms with Crippen molar-refractivity contribution in [2.45, 2.75) is 26.7 Å². The Bertz CT molecular complexity index is 208. The molecule has 0 N–H and O–H groups in total. The van der Waals surface area contributed by atoms with Crippen molar-refractivity contribution in [1.29, 1.82) is 0 Å². The summed E-state index contributed by atoms with van der Waals surface area (Å²) in [5.74, 6) is 0. The Morgan fingerprint density at radius 2 is 1.65 bits per heavy atom. The monoisotopic (exact) mass is 241 g/mol. The Kier molecular flexibility index (Phi) is 5.90. The summed E-state index contributed by atoms with van der Waals surface area (Å²) in [6.07, 6.45) is 2.71. The minimum absolute atomic E-state index is 0.534. The molecule has 0 aliphatic carbocycles. The van der Waals surface area contributed by atoms with Gasteiger partial charge in [0.25, 0.3) is 0 Å². The van der Waals surface area contributed by atoms with E-state index in [2.05, 4.69) is 49.7 Å². The smallest absolute Gasteiger partial charge is 0.0106 e. The molecule has 0 unspecified atom stereocenters. The second-order valence-electron chi connectivity index (χ2n) is 6.29. The topological polar surface area (TPSA) is 9.72 Å². The molecule has 1 saturated heterocycles. The maximum absolute atomic E-state index is 2.57. The third-order valence-electron chi connectivity index (χ3n) is 4.09. The fourth-order valence-corrected chi connectivity index (χ4v) is 2.67. The third-order valence-corrected chi connectivity index (χ3v) is 4.09. The Balaban J connectivity index is 2.29. The first kappa shape index (κ1) is 14.9. The van der Waals surface area contributed by atoms with Crippen LogP contribution in [-0.2, 0) is 0 Å². The van der Waals surface area contributed by atoms with E-state index in [1.807, 2.05) is 0 Å². The van der Waals surface area contributed by atoms with Crippen molar-refractivity contribution >= 4 is 0 Å². The van der Waals surface area contributed by atoms with Gasteiger partial charge in [-0.25, -0.2) is 0 Å². The lowest BCUT2D eigenvalue weighted by molar-refractivity contribution is 0.0850. The van der Waals surface area contributed by atoms with Crippen LogP contribution in [0.4, 0.5) is 0 Å². The number of nitrogens with zero attached hydrogens (tertiary/aromatic N) is 3. The van der Waals surface area contributed by atoms with Gasteiger partial charge in [0.2, 0.25) is 0 Å². The lowest BCUT2D eigenvalue weighted by atomic mass is 9.80. The molecule has 0 bridgehead atoms. The van der Waals surface area contributed by atoms with Gasteiger partial charge in [-0.2, -0.15) is 0 Å². The molecule has 3 heteroatoms. The minimum atomic E-state index is 0.534. The zero-order valence-corrected chi connectivity index (χ0v) is 12.5. The molecule has 102 valence electrons. The van der Waals surface area contributed by atoms with Crippen molar-refractivity contribution < 1.29 is 0 Å². The lowest BCUT2D eigenvalue weighted by Crippen LogP contribution is -2.44. The van der Waals surface area contributed by atoms with Crippen LogP contribution in [0.25, 0.3) is 0 Å². The van der Waals surface area contributed by atoms with Gasteiger partial charge in [0.1, 0.15) is 0 Å². The number of hydrogen-bond acceptors (Lipinski definition) is 3. The summed E-state index contributed by atoms with van der Waals surface area (Å²) in [5, 5.41) is 0. The number of likely N-dealkylation sites (tertiary alicyclic amines) is 1. The van der Waals surface area contributed by atoms with Gasteiger partial charge in [0.05, 0.1) is 0 Å².